The zero-order valence-corrected chi connectivity index (χ0v) is 19.7. The molecule has 14 N–H and O–H groups in total. The quantitative estimate of drug-likeness (QED) is 0.0916. The van der Waals surface area contributed by atoms with Crippen molar-refractivity contribution in [3.8, 4) is 46.0 Å². The predicted molar refractivity (Wildman–Crippen MR) is 117 cm³/mol. The van der Waals surface area contributed by atoms with Crippen LogP contribution in [-0.4, -0.2) is 114 Å². The van der Waals surface area contributed by atoms with Crippen molar-refractivity contribution in [2.24, 2.45) is 0 Å². The van der Waals surface area contributed by atoms with Gasteiger partial charge in [-0.3, -0.25) is 9.69 Å². The van der Waals surface area contributed by atoms with Crippen LogP contribution < -0.4 is 4.74 Å². The van der Waals surface area contributed by atoms with Crippen molar-refractivity contribution in [3.63, 3.8) is 0 Å². The van der Waals surface area contributed by atoms with Gasteiger partial charge in [0, 0.05) is 11.1 Å². The van der Waals surface area contributed by atoms with Gasteiger partial charge in [-0.25, -0.2) is 4.79 Å². The number of carbonyl (C=O) groups is 2. The van der Waals surface area contributed by atoms with Gasteiger partial charge in [-0.1, -0.05) is 0 Å². The average Bonchev–Trinajstić information content (AvgIpc) is 3.01. The maximum atomic E-state index is 13.6. The van der Waals surface area contributed by atoms with Gasteiger partial charge in [-0.05, 0) is 14.1 Å². The summed E-state index contributed by atoms with van der Waals surface area (Å²) in [7, 11) is 1.69. The van der Waals surface area contributed by atoms with E-state index in [1.54, 1.807) is 0 Å². The van der Waals surface area contributed by atoms with Crippen molar-refractivity contribution in [3.05, 3.63) is 22.3 Å². The first-order chi connectivity index (χ1) is 17.6. The Labute approximate surface area is 215 Å². The highest BCUT2D eigenvalue weighted by atomic mass is 16.6. The van der Waals surface area contributed by atoms with Crippen LogP contribution in [0.3, 0.4) is 0 Å². The zero-order chi connectivity index (χ0) is 30.2. The van der Waals surface area contributed by atoms with E-state index in [2.05, 4.69) is 0 Å². The van der Waals surface area contributed by atoms with Gasteiger partial charge < -0.3 is 76.2 Å². The molecule has 0 amide bonds. The fourth-order valence-corrected chi connectivity index (χ4v) is 4.01. The second-order valence-electron chi connectivity index (χ2n) is 8.72. The molecule has 1 heterocycles. The maximum Gasteiger partial charge on any atom is 0.369 e. The summed E-state index contributed by atoms with van der Waals surface area (Å²) in [6.07, 6.45) is 0. The fraction of sp³-hybridized carbons (Fsp3) is 0.333. The van der Waals surface area contributed by atoms with Gasteiger partial charge in [0.15, 0.2) is 23.0 Å². The van der Waals surface area contributed by atoms with E-state index < -0.39 is 110 Å². The van der Waals surface area contributed by atoms with E-state index in [1.807, 2.05) is 0 Å². The van der Waals surface area contributed by atoms with Crippen LogP contribution in [0, 0.1) is 0 Å². The van der Waals surface area contributed by atoms with Gasteiger partial charge in [0.1, 0.15) is 17.9 Å². The standard InChI is InChI=1S/C21H23NO17/c1-22(2)21(37,38)20(35,36)17(30)6-5-4(9(23)13(27)14(28)11(5)25)3-39-16-7(6)10(24)8(12(26)15(16)29)19(33,34)18(31)32/h6,23-29,33-38H,3H2,1-2H3,(H,31,32). The first-order valence-electron chi connectivity index (χ1n) is 10.4. The Morgan fingerprint density at radius 2 is 1.26 bits per heavy atom. The second-order valence-corrected chi connectivity index (χ2v) is 8.72. The lowest BCUT2D eigenvalue weighted by molar-refractivity contribution is -0.386. The van der Waals surface area contributed by atoms with Crippen molar-refractivity contribution < 1.29 is 85.8 Å². The van der Waals surface area contributed by atoms with Crippen LogP contribution in [0.25, 0.3) is 0 Å². The van der Waals surface area contributed by atoms with Gasteiger partial charge in [-0.15, -0.1) is 0 Å². The normalized spacial score (nSPS) is 15.8. The highest BCUT2D eigenvalue weighted by Gasteiger charge is 2.60. The van der Waals surface area contributed by atoms with Gasteiger partial charge >= 0.3 is 5.97 Å². The molecule has 0 spiro atoms. The number of nitrogens with zero attached hydrogens (tertiary/aromatic N) is 1. The van der Waals surface area contributed by atoms with Gasteiger partial charge in [0.2, 0.25) is 23.0 Å². The molecule has 0 radical (unpaired) electrons. The number of ketones is 1. The van der Waals surface area contributed by atoms with E-state index in [0.717, 1.165) is 14.1 Å². The Morgan fingerprint density at radius 1 is 0.744 bits per heavy atom. The molecule has 18 heteroatoms. The van der Waals surface area contributed by atoms with Crippen molar-refractivity contribution in [1.29, 1.82) is 0 Å². The summed E-state index contributed by atoms with van der Waals surface area (Å²) in [4.78, 5) is 25.4. The van der Waals surface area contributed by atoms with Crippen molar-refractivity contribution in [2.75, 3.05) is 14.1 Å². The smallest absolute Gasteiger partial charge is 0.369 e. The van der Waals surface area contributed by atoms with Crippen LogP contribution in [0.15, 0.2) is 0 Å². The van der Waals surface area contributed by atoms with E-state index in [0.29, 0.717) is 4.90 Å². The number of Topliss-reactive ketones (excluding diaryl/α,β-unsaturated/α-hetero) is 1. The van der Waals surface area contributed by atoms with Crippen LogP contribution in [0.2, 0.25) is 0 Å². The zero-order valence-electron chi connectivity index (χ0n) is 19.7. The topological polar surface area (TPSA) is 330 Å². The van der Waals surface area contributed by atoms with Gasteiger partial charge in [0.05, 0.1) is 11.5 Å². The number of hydrogen-bond acceptors (Lipinski definition) is 17. The van der Waals surface area contributed by atoms with Crippen LogP contribution in [-0.2, 0) is 22.0 Å². The molecular formula is C21H23NO17. The summed E-state index contributed by atoms with van der Waals surface area (Å²) in [5, 5.41) is 144. The number of likely N-dealkylation sites (N-methyl/N-ethyl adjacent to an activating group) is 1. The third kappa shape index (κ3) is 3.86. The number of aromatic hydroxyl groups is 7. The number of aliphatic carboxylic acids is 1. The van der Waals surface area contributed by atoms with Crippen LogP contribution in [0.4, 0.5) is 0 Å². The van der Waals surface area contributed by atoms with E-state index in [4.69, 9.17) is 4.74 Å². The molecule has 0 saturated heterocycles. The number of hydrogen-bond donors (Lipinski definition) is 14. The summed E-state index contributed by atoms with van der Waals surface area (Å²) in [6.45, 7) is -1.10. The average molecular weight is 561 g/mol. The number of carboxylic acid groups (broad SMARTS) is 1. The summed E-state index contributed by atoms with van der Waals surface area (Å²) >= 11 is 0. The van der Waals surface area contributed by atoms with E-state index in [-0.39, 0.29) is 0 Å². The Bertz CT molecular complexity index is 1390. The molecule has 2 aromatic carbocycles. The van der Waals surface area contributed by atoms with Crippen molar-refractivity contribution in [1.82, 2.24) is 4.90 Å². The lowest BCUT2D eigenvalue weighted by Crippen LogP contribution is -2.67. The minimum atomic E-state index is -4.35. The van der Waals surface area contributed by atoms with Crippen molar-refractivity contribution >= 4 is 11.8 Å². The highest BCUT2D eigenvalue weighted by Crippen LogP contribution is 2.60. The Hall–Kier alpha value is -4.30. The largest absolute Gasteiger partial charge is 0.507 e. The number of fused-ring (bicyclic) bond motifs is 2. The van der Waals surface area contributed by atoms with E-state index in [1.165, 1.54) is 0 Å². The number of carboxylic acids is 1. The molecule has 2 aromatic rings. The first-order valence-corrected chi connectivity index (χ1v) is 10.4. The number of ether oxygens (including phenoxy) is 1. The number of carbonyl (C=O) groups excluding carboxylic acids is 1. The van der Waals surface area contributed by atoms with Crippen LogP contribution in [0.1, 0.15) is 28.2 Å². The molecule has 1 atom stereocenters. The minimum absolute atomic E-state index is 0.294. The minimum Gasteiger partial charge on any atom is -0.507 e. The molecule has 0 aliphatic carbocycles. The summed E-state index contributed by atoms with van der Waals surface area (Å²) in [6, 6.07) is 0. The highest BCUT2D eigenvalue weighted by molar-refractivity contribution is 5.99. The number of phenols is 7. The Kier molecular flexibility index (Phi) is 6.66. The number of phenolic OH excluding ortho intramolecular Hbond substituents is 7. The van der Waals surface area contributed by atoms with Crippen LogP contribution >= 0.6 is 0 Å². The number of aliphatic hydroxyl groups is 6. The summed E-state index contributed by atoms with van der Waals surface area (Å²) in [5.74, 6) is -32.2. The lowest BCUT2D eigenvalue weighted by atomic mass is 9.78. The van der Waals surface area contributed by atoms with Crippen LogP contribution in [0.5, 0.6) is 46.0 Å². The van der Waals surface area contributed by atoms with Gasteiger partial charge in [0.25, 0.3) is 17.5 Å². The molecule has 0 saturated carbocycles. The third-order valence-corrected chi connectivity index (χ3v) is 6.23. The third-order valence-electron chi connectivity index (χ3n) is 6.23. The lowest BCUT2D eigenvalue weighted by Gasteiger charge is -2.39. The molecule has 0 aromatic heterocycles. The van der Waals surface area contributed by atoms with E-state index in [9.17, 15) is 81.1 Å². The molecule has 18 nitrogen and oxygen atoms in total. The maximum absolute atomic E-state index is 13.6. The Morgan fingerprint density at radius 3 is 1.74 bits per heavy atom. The Balaban J connectivity index is 2.61. The molecule has 0 bridgehead atoms. The predicted octanol–water partition coefficient (Wildman–Crippen LogP) is -3.68. The molecule has 1 unspecified atom stereocenters. The molecule has 0 fully saturated rings. The first kappa shape index (κ1) is 29.3. The molecule has 3 rings (SSSR count). The number of benzene rings is 2. The fourth-order valence-electron chi connectivity index (χ4n) is 4.01. The summed E-state index contributed by atoms with van der Waals surface area (Å²) in [5.41, 5.74) is -5.16. The monoisotopic (exact) mass is 561 g/mol. The molecule has 1 aliphatic rings. The van der Waals surface area contributed by atoms with Gasteiger partial charge in [-0.2, -0.15) is 0 Å². The summed E-state index contributed by atoms with van der Waals surface area (Å²) < 4.78 is 5.16. The SMILES string of the molecule is CN(C)C(O)(O)C(O)(O)C(=O)C1c2c(O)c(O)c(O)c(O)c2COc2c(O)c(O)c(C(O)(O)C(=O)O)c(O)c21. The second kappa shape index (κ2) is 8.88. The molecular weight excluding hydrogens is 538 g/mol. The molecule has 214 valence electrons. The number of rotatable bonds is 6. The molecule has 39 heavy (non-hydrogen) atoms. The molecule has 1 aliphatic heterocycles. The van der Waals surface area contributed by atoms with E-state index >= 15 is 0 Å². The van der Waals surface area contributed by atoms with Crippen molar-refractivity contribution in [2.45, 2.75) is 30.0 Å².